The van der Waals surface area contributed by atoms with Crippen molar-refractivity contribution in [3.05, 3.63) is 41.7 Å². The Morgan fingerprint density at radius 3 is 2.55 bits per heavy atom. The molecule has 0 amide bonds. The fourth-order valence-corrected chi connectivity index (χ4v) is 1.85. The van der Waals surface area contributed by atoms with Crippen LogP contribution in [-0.2, 0) is 6.61 Å². The number of carboxylic acid groups (broad SMARTS) is 1. The maximum absolute atomic E-state index is 11.2. The van der Waals surface area contributed by atoms with Crippen molar-refractivity contribution in [1.82, 2.24) is 9.78 Å². The number of phenolic OH excluding ortho intramolecular Hbond substituents is 1. The van der Waals surface area contributed by atoms with Crippen LogP contribution >= 0.6 is 0 Å². The predicted molar refractivity (Wildman–Crippen MR) is 72.0 cm³/mol. The lowest BCUT2D eigenvalue weighted by atomic mass is 10.2. The molecule has 0 aliphatic heterocycles. The zero-order chi connectivity index (χ0) is 14.7. The molecule has 0 saturated carbocycles. The van der Waals surface area contributed by atoms with Gasteiger partial charge in [-0.3, -0.25) is 4.68 Å². The fourth-order valence-electron chi connectivity index (χ4n) is 1.85. The number of aromatic hydroxyl groups is 1. The third-order valence-corrected chi connectivity index (χ3v) is 2.83. The summed E-state index contributed by atoms with van der Waals surface area (Å²) >= 11 is 0. The number of rotatable bonds is 5. The van der Waals surface area contributed by atoms with Crippen molar-refractivity contribution >= 4 is 5.97 Å². The normalized spacial score (nSPS) is 10.8. The van der Waals surface area contributed by atoms with Crippen molar-refractivity contribution in [3.63, 3.8) is 0 Å². The molecule has 0 bridgehead atoms. The van der Waals surface area contributed by atoms with Gasteiger partial charge in [-0.1, -0.05) is 0 Å². The van der Waals surface area contributed by atoms with Crippen LogP contribution in [0.25, 0.3) is 0 Å². The van der Waals surface area contributed by atoms with E-state index in [9.17, 15) is 9.90 Å². The van der Waals surface area contributed by atoms with Crippen molar-refractivity contribution < 1.29 is 19.7 Å². The molecular weight excluding hydrogens is 260 g/mol. The van der Waals surface area contributed by atoms with Gasteiger partial charge >= 0.3 is 5.97 Å². The van der Waals surface area contributed by atoms with Gasteiger partial charge in [-0.25, -0.2) is 4.79 Å². The van der Waals surface area contributed by atoms with E-state index in [-0.39, 0.29) is 24.0 Å². The summed E-state index contributed by atoms with van der Waals surface area (Å²) in [6.45, 7) is 3.94. The summed E-state index contributed by atoms with van der Waals surface area (Å²) in [7, 11) is 0. The van der Waals surface area contributed by atoms with Crippen LogP contribution in [0, 0.1) is 0 Å². The summed E-state index contributed by atoms with van der Waals surface area (Å²) in [5, 5.41) is 22.4. The topological polar surface area (TPSA) is 84.6 Å². The van der Waals surface area contributed by atoms with Crippen molar-refractivity contribution in [3.8, 4) is 11.5 Å². The van der Waals surface area contributed by atoms with E-state index in [2.05, 4.69) is 5.10 Å². The van der Waals surface area contributed by atoms with E-state index in [1.54, 1.807) is 16.8 Å². The van der Waals surface area contributed by atoms with Gasteiger partial charge in [0.2, 0.25) is 0 Å². The van der Waals surface area contributed by atoms with Crippen LogP contribution in [0.5, 0.6) is 11.5 Å². The monoisotopic (exact) mass is 276 g/mol. The molecule has 106 valence electrons. The highest BCUT2D eigenvalue weighted by molar-refractivity contribution is 5.88. The predicted octanol–water partition coefficient (Wildman–Crippen LogP) is 2.45. The molecule has 0 radical (unpaired) electrons. The second kappa shape index (κ2) is 5.64. The molecule has 0 fully saturated rings. The van der Waals surface area contributed by atoms with Crippen LogP contribution in [0.2, 0.25) is 0 Å². The van der Waals surface area contributed by atoms with E-state index < -0.39 is 5.97 Å². The minimum Gasteiger partial charge on any atom is -0.508 e. The molecule has 0 aliphatic rings. The van der Waals surface area contributed by atoms with Gasteiger partial charge in [0, 0.05) is 6.04 Å². The lowest BCUT2D eigenvalue weighted by Gasteiger charge is -2.13. The summed E-state index contributed by atoms with van der Waals surface area (Å²) in [5.74, 6) is -0.326. The highest BCUT2D eigenvalue weighted by atomic mass is 16.5. The number of hydrogen-bond acceptors (Lipinski definition) is 4. The highest BCUT2D eigenvalue weighted by Gasteiger charge is 2.18. The van der Waals surface area contributed by atoms with Crippen LogP contribution in [0.4, 0.5) is 0 Å². The van der Waals surface area contributed by atoms with Gasteiger partial charge < -0.3 is 14.9 Å². The summed E-state index contributed by atoms with van der Waals surface area (Å²) in [6.07, 6.45) is 1.33. The number of carboxylic acids is 1. The molecule has 0 aliphatic carbocycles. The number of hydrogen-bond donors (Lipinski definition) is 2. The van der Waals surface area contributed by atoms with Gasteiger partial charge in [-0.05, 0) is 38.1 Å². The molecular formula is C14H16N2O4. The van der Waals surface area contributed by atoms with E-state index in [1.165, 1.54) is 18.3 Å². The smallest absolute Gasteiger partial charge is 0.339 e. The summed E-state index contributed by atoms with van der Waals surface area (Å²) in [6, 6.07) is 6.29. The SMILES string of the molecule is CC(C)n1ncc(C(=O)O)c1COc1ccc(O)cc1. The molecule has 0 atom stereocenters. The molecule has 0 unspecified atom stereocenters. The van der Waals surface area contributed by atoms with Crippen molar-refractivity contribution in [2.24, 2.45) is 0 Å². The zero-order valence-electron chi connectivity index (χ0n) is 11.3. The minimum atomic E-state index is -1.03. The van der Waals surface area contributed by atoms with Crippen LogP contribution in [0.15, 0.2) is 30.5 Å². The molecule has 1 aromatic carbocycles. The van der Waals surface area contributed by atoms with Crippen molar-refractivity contribution in [2.45, 2.75) is 26.5 Å². The highest BCUT2D eigenvalue weighted by Crippen LogP contribution is 2.20. The van der Waals surface area contributed by atoms with E-state index in [1.807, 2.05) is 13.8 Å². The number of nitrogens with zero attached hydrogens (tertiary/aromatic N) is 2. The third kappa shape index (κ3) is 2.90. The zero-order valence-corrected chi connectivity index (χ0v) is 11.3. The Morgan fingerprint density at radius 2 is 2.00 bits per heavy atom. The first-order valence-corrected chi connectivity index (χ1v) is 6.20. The molecule has 2 N–H and O–H groups in total. The first kappa shape index (κ1) is 13.9. The second-order valence-electron chi connectivity index (χ2n) is 4.63. The van der Waals surface area contributed by atoms with E-state index in [0.717, 1.165) is 0 Å². The Kier molecular flexibility index (Phi) is 3.93. The maximum atomic E-state index is 11.2. The molecule has 2 rings (SSSR count). The quantitative estimate of drug-likeness (QED) is 0.876. The molecule has 2 aromatic rings. The van der Waals surface area contributed by atoms with Gasteiger partial charge in [-0.2, -0.15) is 5.10 Å². The number of benzene rings is 1. The average molecular weight is 276 g/mol. The maximum Gasteiger partial charge on any atom is 0.339 e. The van der Waals surface area contributed by atoms with Crippen molar-refractivity contribution in [1.29, 1.82) is 0 Å². The van der Waals surface area contributed by atoms with Gasteiger partial charge in [0.05, 0.1) is 11.9 Å². The standard InChI is InChI=1S/C14H16N2O4/c1-9(2)16-13(12(7-15-16)14(18)19)8-20-11-5-3-10(17)4-6-11/h3-7,9,17H,8H2,1-2H3,(H,18,19). The van der Waals surface area contributed by atoms with E-state index in [0.29, 0.717) is 11.4 Å². The largest absolute Gasteiger partial charge is 0.508 e. The first-order chi connectivity index (χ1) is 9.49. The Labute approximate surface area is 116 Å². The molecule has 20 heavy (non-hydrogen) atoms. The summed E-state index contributed by atoms with van der Waals surface area (Å²) < 4.78 is 7.18. The average Bonchev–Trinajstić information content (AvgIpc) is 2.82. The Balaban J connectivity index is 2.21. The first-order valence-electron chi connectivity index (χ1n) is 6.20. The van der Waals surface area contributed by atoms with Crippen molar-refractivity contribution in [2.75, 3.05) is 0 Å². The summed E-state index contributed by atoms with van der Waals surface area (Å²) in [5.41, 5.74) is 0.651. The molecule has 1 aromatic heterocycles. The molecule has 6 nitrogen and oxygen atoms in total. The van der Waals surface area contributed by atoms with Gasteiger partial charge in [0.25, 0.3) is 0 Å². The number of ether oxygens (including phenoxy) is 1. The fraction of sp³-hybridized carbons (Fsp3) is 0.286. The Hall–Kier alpha value is -2.50. The Morgan fingerprint density at radius 1 is 1.35 bits per heavy atom. The summed E-state index contributed by atoms with van der Waals surface area (Å²) in [4.78, 5) is 11.2. The van der Waals surface area contributed by atoms with Crippen LogP contribution in [0.1, 0.15) is 35.9 Å². The van der Waals surface area contributed by atoms with Gasteiger partial charge in [-0.15, -0.1) is 0 Å². The van der Waals surface area contributed by atoms with Crippen LogP contribution in [0.3, 0.4) is 0 Å². The van der Waals surface area contributed by atoms with E-state index in [4.69, 9.17) is 9.84 Å². The molecule has 1 heterocycles. The van der Waals surface area contributed by atoms with Crippen LogP contribution < -0.4 is 4.74 Å². The lowest BCUT2D eigenvalue weighted by Crippen LogP contribution is -2.13. The van der Waals surface area contributed by atoms with Crippen LogP contribution in [-0.4, -0.2) is 26.0 Å². The third-order valence-electron chi connectivity index (χ3n) is 2.83. The number of carbonyl (C=O) groups is 1. The van der Waals surface area contributed by atoms with E-state index >= 15 is 0 Å². The number of aromatic carboxylic acids is 1. The van der Waals surface area contributed by atoms with Gasteiger partial charge in [0.1, 0.15) is 23.7 Å². The molecule has 6 heteroatoms. The molecule has 0 saturated heterocycles. The Bertz CT molecular complexity index is 602. The van der Waals surface area contributed by atoms with Gasteiger partial charge in [0.15, 0.2) is 0 Å². The molecule has 0 spiro atoms. The lowest BCUT2D eigenvalue weighted by molar-refractivity contribution is 0.0693. The second-order valence-corrected chi connectivity index (χ2v) is 4.63. The number of aromatic nitrogens is 2. The minimum absolute atomic E-state index is 0.0431. The number of phenols is 1.